The molecule has 1 N–H and O–H groups in total. The molecule has 25 heavy (non-hydrogen) atoms. The molecular weight excluding hydrogens is 360 g/mol. The van der Waals surface area contributed by atoms with E-state index in [4.69, 9.17) is 26.4 Å². The first-order valence-corrected chi connectivity index (χ1v) is 8.52. The smallest absolute Gasteiger partial charge is 0.216 e. The fourth-order valence-electron chi connectivity index (χ4n) is 2.26. The summed E-state index contributed by atoms with van der Waals surface area (Å²) in [5.74, 6) is 2.29. The second-order valence-electron chi connectivity index (χ2n) is 4.84. The van der Waals surface area contributed by atoms with E-state index in [0.717, 1.165) is 10.4 Å². The van der Waals surface area contributed by atoms with Crippen molar-refractivity contribution in [3.63, 3.8) is 0 Å². The summed E-state index contributed by atoms with van der Waals surface area (Å²) in [6.45, 7) is 0. The van der Waals surface area contributed by atoms with Crippen molar-refractivity contribution in [2.75, 3.05) is 21.3 Å². The fraction of sp³-hybridized carbons (Fsp3) is 0.188. The number of thiophene rings is 1. The molecule has 0 amide bonds. The molecular formula is C16H16N4O3S2. The van der Waals surface area contributed by atoms with Crippen molar-refractivity contribution < 1.29 is 14.2 Å². The van der Waals surface area contributed by atoms with Gasteiger partial charge in [-0.05, 0) is 35.8 Å². The number of nitrogens with one attached hydrogen (secondary N) is 1. The second-order valence-corrected chi connectivity index (χ2v) is 6.18. The number of benzene rings is 1. The molecule has 3 rings (SSSR count). The highest BCUT2D eigenvalue weighted by atomic mass is 32.1. The molecule has 0 aliphatic heterocycles. The second kappa shape index (κ2) is 7.49. The van der Waals surface area contributed by atoms with Crippen LogP contribution < -0.4 is 14.2 Å². The van der Waals surface area contributed by atoms with Gasteiger partial charge in [0.2, 0.25) is 10.5 Å². The molecule has 0 bridgehead atoms. The van der Waals surface area contributed by atoms with Crippen LogP contribution in [0.2, 0.25) is 0 Å². The molecule has 1 aromatic carbocycles. The van der Waals surface area contributed by atoms with Crippen molar-refractivity contribution in [2.24, 2.45) is 5.10 Å². The Bertz CT molecular complexity index is 920. The Kier molecular flexibility index (Phi) is 5.15. The predicted molar refractivity (Wildman–Crippen MR) is 99.8 cm³/mol. The van der Waals surface area contributed by atoms with Gasteiger partial charge in [0.1, 0.15) is 0 Å². The van der Waals surface area contributed by atoms with Crippen molar-refractivity contribution >= 4 is 29.8 Å². The highest BCUT2D eigenvalue weighted by Crippen LogP contribution is 2.37. The fourth-order valence-corrected chi connectivity index (χ4v) is 3.14. The summed E-state index contributed by atoms with van der Waals surface area (Å²) in [6, 6.07) is 7.52. The first-order chi connectivity index (χ1) is 12.2. The van der Waals surface area contributed by atoms with E-state index in [1.807, 2.05) is 17.5 Å². The van der Waals surface area contributed by atoms with Gasteiger partial charge in [-0.1, -0.05) is 6.07 Å². The van der Waals surface area contributed by atoms with Gasteiger partial charge in [0.05, 0.1) is 32.4 Å². The number of ether oxygens (including phenoxy) is 3. The van der Waals surface area contributed by atoms with Gasteiger partial charge in [-0.3, -0.25) is 0 Å². The zero-order chi connectivity index (χ0) is 17.8. The molecule has 0 saturated carbocycles. The van der Waals surface area contributed by atoms with Gasteiger partial charge in [-0.2, -0.15) is 14.9 Å². The Balaban J connectivity index is 2.01. The van der Waals surface area contributed by atoms with Crippen molar-refractivity contribution in [1.82, 2.24) is 14.9 Å². The lowest BCUT2D eigenvalue weighted by Crippen LogP contribution is -1.98. The first-order valence-electron chi connectivity index (χ1n) is 7.23. The third-order valence-corrected chi connectivity index (χ3v) is 4.53. The molecule has 3 aromatic rings. The van der Waals surface area contributed by atoms with Gasteiger partial charge in [-0.25, -0.2) is 5.10 Å². The van der Waals surface area contributed by atoms with E-state index in [0.29, 0.717) is 27.8 Å². The molecule has 0 saturated heterocycles. The van der Waals surface area contributed by atoms with Crippen LogP contribution in [0.1, 0.15) is 5.56 Å². The lowest BCUT2D eigenvalue weighted by atomic mass is 10.2. The molecule has 0 aliphatic rings. The Labute approximate surface area is 153 Å². The molecule has 0 fully saturated rings. The summed E-state index contributed by atoms with van der Waals surface area (Å²) in [4.78, 5) is 0.967. The number of hydrogen-bond acceptors (Lipinski definition) is 7. The monoisotopic (exact) mass is 376 g/mol. The minimum Gasteiger partial charge on any atom is -0.493 e. The van der Waals surface area contributed by atoms with E-state index in [9.17, 15) is 0 Å². The van der Waals surface area contributed by atoms with Crippen molar-refractivity contribution in [2.45, 2.75) is 0 Å². The predicted octanol–water partition coefficient (Wildman–Crippen LogP) is 3.58. The lowest BCUT2D eigenvalue weighted by molar-refractivity contribution is 0.324. The summed E-state index contributed by atoms with van der Waals surface area (Å²) in [5.41, 5.74) is 0.773. The van der Waals surface area contributed by atoms with E-state index in [-0.39, 0.29) is 0 Å². The molecule has 9 heteroatoms. The standard InChI is InChI=1S/C16H16N4O3S2/c1-21-11-7-10(8-12(22-2)14(11)23-3)9-17-20-15(18-19-16(20)24)13-5-4-6-25-13/h4-9H,1-3H3,(H,19,24)/b17-9-. The number of nitrogens with zero attached hydrogens (tertiary/aromatic N) is 3. The summed E-state index contributed by atoms with van der Waals surface area (Å²) in [6.07, 6.45) is 1.66. The van der Waals surface area contributed by atoms with Gasteiger partial charge >= 0.3 is 0 Å². The lowest BCUT2D eigenvalue weighted by Gasteiger charge is -2.12. The number of methoxy groups -OCH3 is 3. The average Bonchev–Trinajstić information content (AvgIpc) is 3.28. The van der Waals surface area contributed by atoms with Crippen LogP contribution in [0.15, 0.2) is 34.7 Å². The van der Waals surface area contributed by atoms with Crippen LogP contribution in [0, 0.1) is 4.77 Å². The molecule has 0 atom stereocenters. The van der Waals surface area contributed by atoms with E-state index in [1.165, 1.54) is 0 Å². The SMILES string of the molecule is COc1cc(/C=N\n2c(-c3cccs3)n[nH]c2=S)cc(OC)c1OC. The van der Waals surface area contributed by atoms with E-state index >= 15 is 0 Å². The highest BCUT2D eigenvalue weighted by molar-refractivity contribution is 7.71. The van der Waals surface area contributed by atoms with Gasteiger partial charge in [-0.15, -0.1) is 11.3 Å². The third kappa shape index (κ3) is 3.42. The molecule has 0 unspecified atom stereocenters. The van der Waals surface area contributed by atoms with Crippen LogP contribution in [0.4, 0.5) is 0 Å². The first kappa shape index (κ1) is 17.2. The van der Waals surface area contributed by atoms with Crippen LogP contribution >= 0.6 is 23.6 Å². The Morgan fingerprint density at radius 2 is 1.92 bits per heavy atom. The van der Waals surface area contributed by atoms with Crippen LogP contribution in [0.25, 0.3) is 10.7 Å². The van der Waals surface area contributed by atoms with Crippen molar-refractivity contribution in [3.05, 3.63) is 40.0 Å². The topological polar surface area (TPSA) is 73.7 Å². The van der Waals surface area contributed by atoms with Crippen LogP contribution in [0.5, 0.6) is 17.2 Å². The average molecular weight is 376 g/mol. The van der Waals surface area contributed by atoms with Gasteiger partial charge in [0.15, 0.2) is 17.3 Å². The number of rotatable bonds is 6. The maximum Gasteiger partial charge on any atom is 0.216 e. The molecule has 0 spiro atoms. The van der Waals surface area contributed by atoms with Crippen LogP contribution in [0.3, 0.4) is 0 Å². The molecule has 2 heterocycles. The molecule has 0 radical (unpaired) electrons. The zero-order valence-electron chi connectivity index (χ0n) is 13.8. The largest absolute Gasteiger partial charge is 0.493 e. The van der Waals surface area contributed by atoms with Gasteiger partial charge < -0.3 is 14.2 Å². The van der Waals surface area contributed by atoms with E-state index < -0.39 is 0 Å². The normalized spacial score (nSPS) is 11.0. The maximum absolute atomic E-state index is 5.35. The maximum atomic E-state index is 5.35. The van der Waals surface area contributed by atoms with Crippen LogP contribution in [-0.4, -0.2) is 42.4 Å². The Morgan fingerprint density at radius 1 is 1.20 bits per heavy atom. The Morgan fingerprint density at radius 3 is 2.48 bits per heavy atom. The summed E-state index contributed by atoms with van der Waals surface area (Å²) in [7, 11) is 4.70. The van der Waals surface area contributed by atoms with Crippen LogP contribution in [-0.2, 0) is 0 Å². The van der Waals surface area contributed by atoms with Crippen molar-refractivity contribution in [3.8, 4) is 28.0 Å². The minimum absolute atomic E-state index is 0.409. The number of hydrogen-bond donors (Lipinski definition) is 1. The number of H-pyrrole nitrogens is 1. The minimum atomic E-state index is 0.409. The number of aromatic amines is 1. The molecule has 0 aliphatic carbocycles. The Hall–Kier alpha value is -2.65. The molecule has 7 nitrogen and oxygen atoms in total. The van der Waals surface area contributed by atoms with Crippen molar-refractivity contribution in [1.29, 1.82) is 0 Å². The molecule has 2 aromatic heterocycles. The van der Waals surface area contributed by atoms with Gasteiger partial charge in [0.25, 0.3) is 0 Å². The third-order valence-electron chi connectivity index (χ3n) is 3.40. The summed E-state index contributed by atoms with van der Waals surface area (Å²) >= 11 is 6.83. The van der Waals surface area contributed by atoms with Gasteiger partial charge in [0, 0.05) is 5.56 Å². The summed E-state index contributed by atoms with van der Waals surface area (Å²) < 4.78 is 18.0. The van der Waals surface area contributed by atoms with E-state index in [2.05, 4.69) is 15.3 Å². The summed E-state index contributed by atoms with van der Waals surface area (Å²) in [5, 5.41) is 13.4. The quantitative estimate of drug-likeness (QED) is 0.526. The van der Waals surface area contributed by atoms with E-state index in [1.54, 1.807) is 55.7 Å². The number of aromatic nitrogens is 3. The zero-order valence-corrected chi connectivity index (χ0v) is 15.5. The molecule has 130 valence electrons. The highest BCUT2D eigenvalue weighted by Gasteiger charge is 2.13.